The summed E-state index contributed by atoms with van der Waals surface area (Å²) in [5.74, 6) is 0.651. The molecule has 2 aliphatic rings. The quantitative estimate of drug-likeness (QED) is 0.552. The van der Waals surface area contributed by atoms with Gasteiger partial charge in [-0.2, -0.15) is 0 Å². The van der Waals surface area contributed by atoms with Crippen molar-refractivity contribution in [1.29, 1.82) is 0 Å². The second-order valence-corrected chi connectivity index (χ2v) is 10.2. The zero-order valence-electron chi connectivity index (χ0n) is 16.3. The summed E-state index contributed by atoms with van der Waals surface area (Å²) in [6.45, 7) is 20.6. The number of thioether (sulfide) groups is 1. The van der Waals surface area contributed by atoms with Gasteiger partial charge in [-0.3, -0.25) is 0 Å². The molecule has 0 bridgehead atoms. The Morgan fingerprint density at radius 2 is 1.08 bits per heavy atom. The summed E-state index contributed by atoms with van der Waals surface area (Å²) in [5.41, 5.74) is 3.10. The third kappa shape index (κ3) is 4.33. The van der Waals surface area contributed by atoms with E-state index in [9.17, 15) is 10.2 Å². The molecule has 0 radical (unpaired) electrons. The van der Waals surface area contributed by atoms with Gasteiger partial charge in [0.15, 0.2) is 0 Å². The van der Waals surface area contributed by atoms with E-state index in [1.807, 2.05) is 0 Å². The van der Waals surface area contributed by atoms with Crippen LogP contribution in [0, 0.1) is 10.8 Å². The Balaban J connectivity index is 2.37. The second kappa shape index (κ2) is 6.60. The highest BCUT2D eigenvalue weighted by Gasteiger charge is 2.28. The van der Waals surface area contributed by atoms with Crippen molar-refractivity contribution in [1.82, 2.24) is 0 Å². The lowest BCUT2D eigenvalue weighted by molar-refractivity contribution is 0.385. The van der Waals surface area contributed by atoms with Crippen molar-refractivity contribution >= 4 is 11.8 Å². The molecule has 0 unspecified atom stereocenters. The van der Waals surface area contributed by atoms with Crippen LogP contribution in [0.2, 0.25) is 0 Å². The third-order valence-corrected chi connectivity index (χ3v) is 5.49. The zero-order valence-corrected chi connectivity index (χ0v) is 17.1. The summed E-state index contributed by atoms with van der Waals surface area (Å²) in [6, 6.07) is 0. The molecule has 0 fully saturated rings. The molecule has 3 heteroatoms. The van der Waals surface area contributed by atoms with Crippen molar-refractivity contribution in [3.8, 4) is 0 Å². The van der Waals surface area contributed by atoms with E-state index < -0.39 is 0 Å². The highest BCUT2D eigenvalue weighted by Crippen LogP contribution is 2.46. The average Bonchev–Trinajstić information content (AvgIpc) is 2.43. The van der Waals surface area contributed by atoms with E-state index in [1.165, 1.54) is 9.81 Å². The van der Waals surface area contributed by atoms with Crippen molar-refractivity contribution in [2.75, 3.05) is 0 Å². The minimum absolute atomic E-state index is 0.140. The molecule has 0 aromatic rings. The summed E-state index contributed by atoms with van der Waals surface area (Å²) >= 11 is 1.70. The summed E-state index contributed by atoms with van der Waals surface area (Å²) in [4.78, 5) is 2.34. The highest BCUT2D eigenvalue weighted by atomic mass is 32.2. The zero-order chi connectivity index (χ0) is 19.2. The fraction of sp³-hybridized carbons (Fsp3) is 0.455. The Hall–Kier alpha value is -1.61. The lowest BCUT2D eigenvalue weighted by Crippen LogP contribution is -2.15. The normalized spacial score (nSPS) is 20.1. The molecule has 0 amide bonds. The van der Waals surface area contributed by atoms with Crippen LogP contribution in [-0.4, -0.2) is 10.2 Å². The van der Waals surface area contributed by atoms with Crippen molar-refractivity contribution < 1.29 is 10.2 Å². The monoisotopic (exact) mass is 358 g/mol. The van der Waals surface area contributed by atoms with Gasteiger partial charge in [0, 0.05) is 24.0 Å². The van der Waals surface area contributed by atoms with Gasteiger partial charge in [0.25, 0.3) is 0 Å². The van der Waals surface area contributed by atoms with Crippen LogP contribution in [0.25, 0.3) is 0 Å². The Bertz CT molecular complexity index is 680. The van der Waals surface area contributed by atoms with E-state index in [-0.39, 0.29) is 10.8 Å². The van der Waals surface area contributed by atoms with Crippen LogP contribution < -0.4 is 0 Å². The van der Waals surface area contributed by atoms with Crippen molar-refractivity contribution in [2.45, 2.75) is 54.4 Å². The molecule has 25 heavy (non-hydrogen) atoms. The van der Waals surface area contributed by atoms with Crippen molar-refractivity contribution in [3.63, 3.8) is 0 Å². The maximum atomic E-state index is 10.4. The van der Waals surface area contributed by atoms with Gasteiger partial charge < -0.3 is 10.2 Å². The van der Waals surface area contributed by atoms with Gasteiger partial charge in [-0.25, -0.2) is 0 Å². The van der Waals surface area contributed by atoms with Crippen LogP contribution in [0.15, 0.2) is 68.9 Å². The number of aliphatic hydroxyl groups excluding tert-OH is 2. The molecule has 0 saturated heterocycles. The van der Waals surface area contributed by atoms with Crippen LogP contribution in [0.5, 0.6) is 0 Å². The molecular weight excluding hydrogens is 328 g/mol. The van der Waals surface area contributed by atoms with E-state index in [0.717, 1.165) is 22.3 Å². The van der Waals surface area contributed by atoms with E-state index in [4.69, 9.17) is 0 Å². The predicted octanol–water partition coefficient (Wildman–Crippen LogP) is 7.12. The Kier molecular flexibility index (Phi) is 5.21. The maximum Gasteiger partial charge on any atom is 0.122 e. The smallest absolute Gasteiger partial charge is 0.122 e. The fourth-order valence-electron chi connectivity index (χ4n) is 2.97. The molecule has 2 aliphatic carbocycles. The molecule has 0 spiro atoms. The number of aliphatic hydroxyl groups is 2. The molecular formula is C22H30O2S. The van der Waals surface area contributed by atoms with Gasteiger partial charge in [-0.05, 0) is 43.9 Å². The SMILES string of the molecule is C=C1CC(SC2=CC(C(C)(C)C)=C(O)C(=C)C2)=CC(C(C)(C)C)=C1O. The summed E-state index contributed by atoms with van der Waals surface area (Å²) in [5, 5.41) is 20.8. The minimum Gasteiger partial charge on any atom is -0.507 e. The van der Waals surface area contributed by atoms with Crippen LogP contribution in [0.3, 0.4) is 0 Å². The van der Waals surface area contributed by atoms with Crippen LogP contribution in [0.1, 0.15) is 54.4 Å². The van der Waals surface area contributed by atoms with Gasteiger partial charge in [-0.1, -0.05) is 66.5 Å². The predicted molar refractivity (Wildman–Crippen MR) is 109 cm³/mol. The molecule has 0 aromatic heterocycles. The lowest BCUT2D eigenvalue weighted by atomic mass is 9.81. The maximum absolute atomic E-state index is 10.4. The van der Waals surface area contributed by atoms with Crippen LogP contribution in [0.4, 0.5) is 0 Å². The van der Waals surface area contributed by atoms with Gasteiger partial charge in [-0.15, -0.1) is 0 Å². The minimum atomic E-state index is -0.140. The number of hydrogen-bond acceptors (Lipinski definition) is 3. The molecule has 0 atom stereocenters. The van der Waals surface area contributed by atoms with E-state index in [2.05, 4.69) is 66.9 Å². The van der Waals surface area contributed by atoms with Crippen LogP contribution in [-0.2, 0) is 0 Å². The molecule has 2 rings (SSSR count). The molecule has 136 valence electrons. The Labute approximate surface area is 156 Å². The van der Waals surface area contributed by atoms with Gasteiger partial charge in [0.1, 0.15) is 11.5 Å². The first-order chi connectivity index (χ1) is 11.3. The summed E-state index contributed by atoms with van der Waals surface area (Å²) in [7, 11) is 0. The summed E-state index contributed by atoms with van der Waals surface area (Å²) < 4.78 is 0. The molecule has 0 aromatic carbocycles. The van der Waals surface area contributed by atoms with Crippen molar-refractivity contribution in [2.24, 2.45) is 10.8 Å². The lowest BCUT2D eigenvalue weighted by Gasteiger charge is -2.29. The molecule has 0 heterocycles. The van der Waals surface area contributed by atoms with Gasteiger partial charge in [0.05, 0.1) is 0 Å². The van der Waals surface area contributed by atoms with Crippen molar-refractivity contribution in [3.05, 3.63) is 68.9 Å². The number of allylic oxidation sites excluding steroid dienone is 8. The van der Waals surface area contributed by atoms with Crippen LogP contribution >= 0.6 is 11.8 Å². The molecule has 2 N–H and O–H groups in total. The first kappa shape index (κ1) is 19.7. The van der Waals surface area contributed by atoms with E-state index >= 15 is 0 Å². The number of hydrogen-bond donors (Lipinski definition) is 2. The third-order valence-electron chi connectivity index (χ3n) is 4.44. The van der Waals surface area contributed by atoms with E-state index in [0.29, 0.717) is 24.4 Å². The topological polar surface area (TPSA) is 40.5 Å². The first-order valence-corrected chi connectivity index (χ1v) is 9.45. The average molecular weight is 359 g/mol. The largest absolute Gasteiger partial charge is 0.507 e. The highest BCUT2D eigenvalue weighted by molar-refractivity contribution is 8.06. The second-order valence-electron chi connectivity index (χ2n) is 8.91. The Morgan fingerprint density at radius 3 is 1.36 bits per heavy atom. The summed E-state index contributed by atoms with van der Waals surface area (Å²) in [6.07, 6.45) is 5.49. The fourth-order valence-corrected chi connectivity index (χ4v) is 4.16. The molecule has 2 nitrogen and oxygen atoms in total. The van der Waals surface area contributed by atoms with E-state index in [1.54, 1.807) is 11.8 Å². The Morgan fingerprint density at radius 1 is 0.760 bits per heavy atom. The molecule has 0 aliphatic heterocycles. The first-order valence-electron chi connectivity index (χ1n) is 8.63. The number of rotatable bonds is 2. The molecule has 0 saturated carbocycles. The van der Waals surface area contributed by atoms with Gasteiger partial charge >= 0.3 is 0 Å². The standard InChI is InChI=1S/C22H30O2S/c1-13-9-15(11-17(19(13)23)21(3,4)5)25-16-10-14(2)20(24)18(12-16)22(6,7)8/h11-12,23-24H,1-2,9-10H2,3-8H3. The van der Waals surface area contributed by atoms with Gasteiger partial charge in [0.2, 0.25) is 0 Å².